The Morgan fingerprint density at radius 2 is 1.88 bits per heavy atom. The summed E-state index contributed by atoms with van der Waals surface area (Å²) in [6, 6.07) is 14.0. The van der Waals surface area contributed by atoms with Gasteiger partial charge in [0.1, 0.15) is 11.5 Å². The van der Waals surface area contributed by atoms with E-state index in [9.17, 15) is 4.79 Å². The highest BCUT2D eigenvalue weighted by Gasteiger charge is 2.25. The van der Waals surface area contributed by atoms with Crippen LogP contribution in [0, 0.1) is 0 Å². The molecule has 0 radical (unpaired) electrons. The number of hydrogen-bond donors (Lipinski definition) is 0. The molecular formula is C21H25NO3S. The van der Waals surface area contributed by atoms with Gasteiger partial charge in [-0.2, -0.15) is 0 Å². The van der Waals surface area contributed by atoms with Crippen LogP contribution in [-0.4, -0.2) is 36.3 Å². The van der Waals surface area contributed by atoms with E-state index in [1.165, 1.54) is 11.1 Å². The molecule has 5 heteroatoms. The zero-order valence-electron chi connectivity index (χ0n) is 15.5. The smallest absolute Gasteiger partial charge is 0.236 e. The minimum Gasteiger partial charge on any atom is -0.497 e. The normalized spacial score (nSPS) is 14.5. The van der Waals surface area contributed by atoms with E-state index < -0.39 is 0 Å². The fourth-order valence-corrected chi connectivity index (χ4v) is 4.10. The maximum atomic E-state index is 12.9. The van der Waals surface area contributed by atoms with E-state index >= 15 is 0 Å². The van der Waals surface area contributed by atoms with Gasteiger partial charge in [-0.25, -0.2) is 0 Å². The molecule has 1 atom stereocenters. The van der Waals surface area contributed by atoms with Crippen LogP contribution in [-0.2, 0) is 17.8 Å². The molecule has 2 aromatic rings. The van der Waals surface area contributed by atoms with E-state index in [1.807, 2.05) is 49.1 Å². The van der Waals surface area contributed by atoms with Crippen LogP contribution in [0.1, 0.15) is 25.0 Å². The van der Waals surface area contributed by atoms with Crippen molar-refractivity contribution in [3.05, 3.63) is 53.6 Å². The number of hydrogen-bond acceptors (Lipinski definition) is 4. The van der Waals surface area contributed by atoms with Crippen molar-refractivity contribution in [1.82, 2.24) is 4.90 Å². The van der Waals surface area contributed by atoms with Crippen LogP contribution in [0.3, 0.4) is 0 Å². The highest BCUT2D eigenvalue weighted by Crippen LogP contribution is 2.29. The molecule has 0 N–H and O–H groups in total. The first kappa shape index (κ1) is 18.6. The van der Waals surface area contributed by atoms with Crippen LogP contribution in [0.4, 0.5) is 0 Å². The van der Waals surface area contributed by atoms with Gasteiger partial charge in [0.15, 0.2) is 0 Å². The van der Waals surface area contributed by atoms with Crippen molar-refractivity contribution < 1.29 is 14.3 Å². The summed E-state index contributed by atoms with van der Waals surface area (Å²) in [5.74, 6) is 1.88. The van der Waals surface area contributed by atoms with E-state index in [1.54, 1.807) is 18.9 Å². The molecule has 3 rings (SSSR count). The van der Waals surface area contributed by atoms with Crippen molar-refractivity contribution in [2.75, 3.05) is 20.3 Å². The molecule has 0 aliphatic carbocycles. The van der Waals surface area contributed by atoms with E-state index in [4.69, 9.17) is 9.47 Å². The molecule has 1 aliphatic heterocycles. The Morgan fingerprint density at radius 1 is 1.15 bits per heavy atom. The number of nitrogens with zero attached hydrogens (tertiary/aromatic N) is 1. The van der Waals surface area contributed by atoms with Gasteiger partial charge in [-0.3, -0.25) is 4.79 Å². The fourth-order valence-electron chi connectivity index (χ4n) is 3.14. The summed E-state index contributed by atoms with van der Waals surface area (Å²) >= 11 is 1.59. The standard InChI is InChI=1S/C21H25NO3S/c1-4-25-19-6-5-16-11-12-22(14-17(16)13-19)21(23)15(2)26-20-9-7-18(24-3)8-10-20/h5-10,13,15H,4,11-12,14H2,1-3H3. The fraction of sp³-hybridized carbons (Fsp3) is 0.381. The van der Waals surface area contributed by atoms with Crippen LogP contribution in [0.5, 0.6) is 11.5 Å². The first-order valence-electron chi connectivity index (χ1n) is 8.94. The summed E-state index contributed by atoms with van der Waals surface area (Å²) in [5, 5.41) is -0.125. The van der Waals surface area contributed by atoms with Gasteiger partial charge in [-0.05, 0) is 67.8 Å². The molecule has 0 bridgehead atoms. The molecule has 1 aliphatic rings. The maximum absolute atomic E-state index is 12.9. The van der Waals surface area contributed by atoms with Gasteiger partial charge < -0.3 is 14.4 Å². The number of carbonyl (C=O) groups is 1. The summed E-state index contributed by atoms with van der Waals surface area (Å²) in [7, 11) is 1.65. The number of carbonyl (C=O) groups excluding carboxylic acids is 1. The van der Waals surface area contributed by atoms with Crippen molar-refractivity contribution in [3.8, 4) is 11.5 Å². The van der Waals surface area contributed by atoms with Gasteiger partial charge in [-0.1, -0.05) is 6.07 Å². The molecule has 2 aromatic carbocycles. The van der Waals surface area contributed by atoms with E-state index in [0.29, 0.717) is 13.2 Å². The maximum Gasteiger partial charge on any atom is 0.236 e. The van der Waals surface area contributed by atoms with Crippen LogP contribution in [0.25, 0.3) is 0 Å². The van der Waals surface area contributed by atoms with E-state index in [-0.39, 0.29) is 11.2 Å². The van der Waals surface area contributed by atoms with Gasteiger partial charge in [0, 0.05) is 18.0 Å². The molecular weight excluding hydrogens is 346 g/mol. The third-order valence-electron chi connectivity index (χ3n) is 4.53. The quantitative estimate of drug-likeness (QED) is 0.715. The molecule has 1 amide bonds. The summed E-state index contributed by atoms with van der Waals surface area (Å²) in [5.41, 5.74) is 2.50. The summed E-state index contributed by atoms with van der Waals surface area (Å²) in [6.45, 7) is 6.03. The molecule has 0 spiro atoms. The largest absolute Gasteiger partial charge is 0.497 e. The number of benzene rings is 2. The molecule has 0 aromatic heterocycles. The van der Waals surface area contributed by atoms with E-state index in [0.717, 1.165) is 29.4 Å². The number of ether oxygens (including phenoxy) is 2. The average Bonchev–Trinajstić information content (AvgIpc) is 2.67. The number of thioether (sulfide) groups is 1. The Balaban J connectivity index is 1.64. The molecule has 0 fully saturated rings. The monoisotopic (exact) mass is 371 g/mol. The van der Waals surface area contributed by atoms with Crippen molar-refractivity contribution in [1.29, 1.82) is 0 Å². The van der Waals surface area contributed by atoms with Gasteiger partial charge >= 0.3 is 0 Å². The lowest BCUT2D eigenvalue weighted by atomic mass is 9.99. The molecule has 138 valence electrons. The average molecular weight is 372 g/mol. The van der Waals surface area contributed by atoms with E-state index in [2.05, 4.69) is 12.1 Å². The first-order valence-corrected chi connectivity index (χ1v) is 9.82. The third-order valence-corrected chi connectivity index (χ3v) is 5.63. The Labute approximate surface area is 159 Å². The highest BCUT2D eigenvalue weighted by atomic mass is 32.2. The van der Waals surface area contributed by atoms with Crippen molar-refractivity contribution in [2.24, 2.45) is 0 Å². The lowest BCUT2D eigenvalue weighted by Crippen LogP contribution is -2.40. The minimum atomic E-state index is -0.125. The minimum absolute atomic E-state index is 0.125. The molecule has 0 saturated heterocycles. The van der Waals surface area contributed by atoms with Crippen molar-refractivity contribution >= 4 is 17.7 Å². The predicted octanol–water partition coefficient (Wildman–Crippen LogP) is 4.16. The SMILES string of the molecule is CCOc1ccc2c(c1)CN(C(=O)C(C)Sc1ccc(OC)cc1)CC2. The van der Waals surface area contributed by atoms with Crippen LogP contribution in [0.2, 0.25) is 0 Å². The predicted molar refractivity (Wildman–Crippen MR) is 105 cm³/mol. The van der Waals surface area contributed by atoms with Crippen LogP contribution >= 0.6 is 11.8 Å². The summed E-state index contributed by atoms with van der Waals surface area (Å²) < 4.78 is 10.8. The Hall–Kier alpha value is -2.14. The molecule has 0 saturated carbocycles. The summed E-state index contributed by atoms with van der Waals surface area (Å²) in [4.78, 5) is 15.9. The Kier molecular flexibility index (Phi) is 6.09. The molecule has 26 heavy (non-hydrogen) atoms. The second kappa shape index (κ2) is 8.49. The van der Waals surface area contributed by atoms with Gasteiger partial charge in [0.05, 0.1) is 19.0 Å². The molecule has 1 heterocycles. The van der Waals surface area contributed by atoms with Crippen molar-refractivity contribution in [3.63, 3.8) is 0 Å². The van der Waals surface area contributed by atoms with Gasteiger partial charge in [-0.15, -0.1) is 11.8 Å². The van der Waals surface area contributed by atoms with Crippen molar-refractivity contribution in [2.45, 2.75) is 37.0 Å². The summed E-state index contributed by atoms with van der Waals surface area (Å²) in [6.07, 6.45) is 0.896. The highest BCUT2D eigenvalue weighted by molar-refractivity contribution is 8.00. The van der Waals surface area contributed by atoms with Crippen LogP contribution in [0.15, 0.2) is 47.4 Å². The topological polar surface area (TPSA) is 38.8 Å². The lowest BCUT2D eigenvalue weighted by Gasteiger charge is -2.31. The molecule has 1 unspecified atom stereocenters. The lowest BCUT2D eigenvalue weighted by molar-refractivity contribution is -0.131. The van der Waals surface area contributed by atoms with Gasteiger partial charge in [0.25, 0.3) is 0 Å². The Morgan fingerprint density at radius 3 is 2.58 bits per heavy atom. The Bertz CT molecular complexity index is 760. The zero-order valence-corrected chi connectivity index (χ0v) is 16.3. The first-order chi connectivity index (χ1) is 12.6. The molecule has 4 nitrogen and oxygen atoms in total. The zero-order chi connectivity index (χ0) is 18.5. The van der Waals surface area contributed by atoms with Gasteiger partial charge in [0.2, 0.25) is 5.91 Å². The number of methoxy groups -OCH3 is 1. The second-order valence-corrected chi connectivity index (χ2v) is 7.72. The number of fused-ring (bicyclic) bond motifs is 1. The number of amides is 1. The second-order valence-electron chi connectivity index (χ2n) is 6.31. The number of rotatable bonds is 6. The third kappa shape index (κ3) is 4.33. The van der Waals surface area contributed by atoms with Crippen LogP contribution < -0.4 is 9.47 Å².